The van der Waals surface area contributed by atoms with Crippen LogP contribution >= 0.6 is 0 Å². The highest BCUT2D eigenvalue weighted by Gasteiger charge is 2.45. The quantitative estimate of drug-likeness (QED) is 0.742. The van der Waals surface area contributed by atoms with Gasteiger partial charge in [-0.3, -0.25) is 0 Å². The lowest BCUT2D eigenvalue weighted by atomic mass is 9.62. The van der Waals surface area contributed by atoms with Crippen LogP contribution in [0.3, 0.4) is 0 Å². The standard InChI is InChI=1S/C14H28O/c1-5-8-12(2)11-14(15)10-7-6-9-13(14,3)4/h12,15H,5-11H2,1-4H3. The average molecular weight is 212 g/mol. The highest BCUT2D eigenvalue weighted by molar-refractivity contribution is 4.96. The molecule has 0 aromatic rings. The van der Waals surface area contributed by atoms with Crippen LogP contribution in [0.4, 0.5) is 0 Å². The molecule has 0 bridgehead atoms. The number of hydrogen-bond acceptors (Lipinski definition) is 1. The molecule has 2 atom stereocenters. The van der Waals surface area contributed by atoms with Crippen LogP contribution in [0, 0.1) is 11.3 Å². The Morgan fingerprint density at radius 1 is 1.20 bits per heavy atom. The van der Waals surface area contributed by atoms with Crippen LogP contribution in [0.2, 0.25) is 0 Å². The summed E-state index contributed by atoms with van der Waals surface area (Å²) < 4.78 is 0. The maximum absolute atomic E-state index is 10.8. The summed E-state index contributed by atoms with van der Waals surface area (Å²) in [4.78, 5) is 0. The summed E-state index contributed by atoms with van der Waals surface area (Å²) in [5.74, 6) is 0.664. The van der Waals surface area contributed by atoms with Crippen molar-refractivity contribution < 1.29 is 5.11 Å². The third-order valence-electron chi connectivity index (χ3n) is 4.37. The monoisotopic (exact) mass is 212 g/mol. The van der Waals surface area contributed by atoms with Crippen LogP contribution in [0.1, 0.15) is 72.6 Å². The smallest absolute Gasteiger partial charge is 0.0701 e. The van der Waals surface area contributed by atoms with Crippen LogP contribution in [-0.4, -0.2) is 10.7 Å². The van der Waals surface area contributed by atoms with Gasteiger partial charge in [0, 0.05) is 0 Å². The normalized spacial score (nSPS) is 32.6. The highest BCUT2D eigenvalue weighted by atomic mass is 16.3. The summed E-state index contributed by atoms with van der Waals surface area (Å²) >= 11 is 0. The zero-order valence-corrected chi connectivity index (χ0v) is 11.0. The summed E-state index contributed by atoms with van der Waals surface area (Å²) in [6, 6.07) is 0. The summed E-state index contributed by atoms with van der Waals surface area (Å²) in [7, 11) is 0. The van der Waals surface area contributed by atoms with Crippen molar-refractivity contribution in [2.45, 2.75) is 78.2 Å². The molecule has 1 rings (SSSR count). The molecule has 0 aliphatic heterocycles. The van der Waals surface area contributed by atoms with Crippen molar-refractivity contribution in [2.75, 3.05) is 0 Å². The molecule has 1 aliphatic rings. The maximum atomic E-state index is 10.8. The molecule has 0 saturated heterocycles. The van der Waals surface area contributed by atoms with Gasteiger partial charge in [0.1, 0.15) is 0 Å². The molecular weight excluding hydrogens is 184 g/mol. The van der Waals surface area contributed by atoms with Gasteiger partial charge in [-0.2, -0.15) is 0 Å². The van der Waals surface area contributed by atoms with E-state index in [-0.39, 0.29) is 5.41 Å². The van der Waals surface area contributed by atoms with E-state index in [1.54, 1.807) is 0 Å². The van der Waals surface area contributed by atoms with Crippen molar-refractivity contribution in [1.82, 2.24) is 0 Å². The van der Waals surface area contributed by atoms with Gasteiger partial charge in [-0.05, 0) is 30.6 Å². The second-order valence-electron chi connectivity index (χ2n) is 6.22. The lowest BCUT2D eigenvalue weighted by Gasteiger charge is -2.48. The van der Waals surface area contributed by atoms with Crippen LogP contribution in [0.5, 0.6) is 0 Å². The van der Waals surface area contributed by atoms with E-state index < -0.39 is 5.60 Å². The molecule has 2 unspecified atom stereocenters. The topological polar surface area (TPSA) is 20.2 Å². The molecule has 0 aromatic carbocycles. The molecule has 0 radical (unpaired) electrons. The van der Waals surface area contributed by atoms with Gasteiger partial charge < -0.3 is 5.11 Å². The SMILES string of the molecule is CCCC(C)CC1(O)CCCCC1(C)C. The molecular formula is C14H28O. The van der Waals surface area contributed by atoms with Crippen LogP contribution in [0.15, 0.2) is 0 Å². The molecule has 90 valence electrons. The fourth-order valence-electron chi connectivity index (χ4n) is 3.11. The molecule has 1 aliphatic carbocycles. The summed E-state index contributed by atoms with van der Waals surface area (Å²) in [6.07, 6.45) is 8.16. The molecule has 1 heteroatoms. The molecule has 1 fully saturated rings. The van der Waals surface area contributed by atoms with Crippen molar-refractivity contribution in [3.63, 3.8) is 0 Å². The van der Waals surface area contributed by atoms with Gasteiger partial charge in [-0.25, -0.2) is 0 Å². The van der Waals surface area contributed by atoms with E-state index in [0.29, 0.717) is 5.92 Å². The Labute approximate surface area is 95.3 Å². The zero-order chi connectivity index (χ0) is 11.5. The summed E-state index contributed by atoms with van der Waals surface area (Å²) in [5.41, 5.74) is -0.285. The van der Waals surface area contributed by atoms with Gasteiger partial charge in [-0.15, -0.1) is 0 Å². The van der Waals surface area contributed by atoms with E-state index in [1.807, 2.05) is 0 Å². The van der Waals surface area contributed by atoms with Crippen LogP contribution in [0.25, 0.3) is 0 Å². The van der Waals surface area contributed by atoms with E-state index in [4.69, 9.17) is 0 Å². The van der Waals surface area contributed by atoms with Crippen molar-refractivity contribution in [2.24, 2.45) is 11.3 Å². The van der Waals surface area contributed by atoms with Crippen molar-refractivity contribution >= 4 is 0 Å². The second kappa shape index (κ2) is 4.86. The molecule has 0 amide bonds. The first kappa shape index (κ1) is 13.0. The van der Waals surface area contributed by atoms with Gasteiger partial charge in [0.2, 0.25) is 0 Å². The van der Waals surface area contributed by atoms with E-state index in [1.165, 1.54) is 32.1 Å². The van der Waals surface area contributed by atoms with Crippen molar-refractivity contribution in [3.05, 3.63) is 0 Å². The average Bonchev–Trinajstić information content (AvgIpc) is 2.11. The molecule has 1 saturated carbocycles. The minimum absolute atomic E-state index is 0.118. The molecule has 0 spiro atoms. The van der Waals surface area contributed by atoms with Gasteiger partial charge in [-0.1, -0.05) is 53.4 Å². The van der Waals surface area contributed by atoms with Crippen LogP contribution in [-0.2, 0) is 0 Å². The first-order chi connectivity index (χ1) is 6.91. The van der Waals surface area contributed by atoms with E-state index in [9.17, 15) is 5.11 Å². The van der Waals surface area contributed by atoms with Gasteiger partial charge >= 0.3 is 0 Å². The van der Waals surface area contributed by atoms with E-state index >= 15 is 0 Å². The molecule has 15 heavy (non-hydrogen) atoms. The van der Waals surface area contributed by atoms with Gasteiger partial charge in [0.15, 0.2) is 0 Å². The zero-order valence-electron chi connectivity index (χ0n) is 11.0. The minimum Gasteiger partial charge on any atom is -0.389 e. The van der Waals surface area contributed by atoms with Crippen molar-refractivity contribution in [1.29, 1.82) is 0 Å². The number of aliphatic hydroxyl groups is 1. The minimum atomic E-state index is -0.403. The molecule has 1 N–H and O–H groups in total. The first-order valence-electron chi connectivity index (χ1n) is 6.64. The third kappa shape index (κ3) is 2.96. The summed E-state index contributed by atoms with van der Waals surface area (Å²) in [6.45, 7) is 8.99. The van der Waals surface area contributed by atoms with E-state index in [0.717, 1.165) is 12.8 Å². The highest BCUT2D eigenvalue weighted by Crippen LogP contribution is 2.47. The van der Waals surface area contributed by atoms with Gasteiger partial charge in [0.25, 0.3) is 0 Å². The van der Waals surface area contributed by atoms with E-state index in [2.05, 4.69) is 27.7 Å². The molecule has 1 nitrogen and oxygen atoms in total. The third-order valence-corrected chi connectivity index (χ3v) is 4.37. The Morgan fingerprint density at radius 2 is 1.80 bits per heavy atom. The van der Waals surface area contributed by atoms with Gasteiger partial charge in [0.05, 0.1) is 5.60 Å². The lowest BCUT2D eigenvalue weighted by Crippen LogP contribution is -2.48. The maximum Gasteiger partial charge on any atom is 0.0701 e. The predicted octanol–water partition coefficient (Wildman–Crippen LogP) is 4.14. The van der Waals surface area contributed by atoms with Crippen molar-refractivity contribution in [3.8, 4) is 0 Å². The van der Waals surface area contributed by atoms with Crippen LogP contribution < -0.4 is 0 Å². The Bertz CT molecular complexity index is 198. The number of hydrogen-bond donors (Lipinski definition) is 1. The Morgan fingerprint density at radius 3 is 2.33 bits per heavy atom. The molecule has 0 heterocycles. The predicted molar refractivity (Wildman–Crippen MR) is 65.9 cm³/mol. The largest absolute Gasteiger partial charge is 0.389 e. The first-order valence-corrected chi connectivity index (χ1v) is 6.64. The Hall–Kier alpha value is -0.0400. The second-order valence-corrected chi connectivity index (χ2v) is 6.22. The lowest BCUT2D eigenvalue weighted by molar-refractivity contribution is -0.111. The summed E-state index contributed by atoms with van der Waals surface area (Å²) in [5, 5.41) is 10.8. The Kier molecular flexibility index (Phi) is 4.22. The fourth-order valence-corrected chi connectivity index (χ4v) is 3.11. The Balaban J connectivity index is 2.62. The molecule has 0 aromatic heterocycles. The number of rotatable bonds is 4. The fraction of sp³-hybridized carbons (Fsp3) is 1.00.